The Balaban J connectivity index is 1.35. The van der Waals surface area contributed by atoms with Crippen molar-refractivity contribution in [2.45, 2.75) is 18.9 Å². The van der Waals surface area contributed by atoms with E-state index in [1.54, 1.807) is 31.4 Å². The first kappa shape index (κ1) is 21.4. The molecule has 0 unspecified atom stereocenters. The molecule has 1 atom stereocenters. The fourth-order valence-electron chi connectivity index (χ4n) is 3.56. The monoisotopic (exact) mass is 428 g/mol. The molecule has 7 nitrogen and oxygen atoms in total. The van der Waals surface area contributed by atoms with E-state index >= 15 is 0 Å². The summed E-state index contributed by atoms with van der Waals surface area (Å²) in [4.78, 5) is 26.6. The number of ether oxygens (including phenoxy) is 1. The Morgan fingerprint density at radius 3 is 2.38 bits per heavy atom. The summed E-state index contributed by atoms with van der Waals surface area (Å²) in [5.74, 6) is 0.347. The normalized spacial score (nSPS) is 16.2. The summed E-state index contributed by atoms with van der Waals surface area (Å²) in [7, 11) is 1.63. The molecule has 2 amide bonds. The lowest BCUT2D eigenvalue weighted by atomic mass is 10.1. The highest BCUT2D eigenvalue weighted by molar-refractivity contribution is 6.22. The fourth-order valence-corrected chi connectivity index (χ4v) is 3.56. The van der Waals surface area contributed by atoms with Crippen LogP contribution in [0.2, 0.25) is 0 Å². The van der Waals surface area contributed by atoms with Gasteiger partial charge in [0.2, 0.25) is 5.91 Å². The molecule has 3 aromatic carbocycles. The average Bonchev–Trinajstić information content (AvgIpc) is 3.11. The minimum Gasteiger partial charge on any atom is -0.497 e. The van der Waals surface area contributed by atoms with Gasteiger partial charge in [0.15, 0.2) is 0 Å². The summed E-state index contributed by atoms with van der Waals surface area (Å²) in [5.41, 5.74) is 3.04. The summed E-state index contributed by atoms with van der Waals surface area (Å²) in [5, 5.41) is 11.6. The van der Waals surface area contributed by atoms with Crippen molar-refractivity contribution in [2.24, 2.45) is 10.2 Å². The topological polar surface area (TPSA) is 83.4 Å². The van der Waals surface area contributed by atoms with Crippen molar-refractivity contribution < 1.29 is 14.3 Å². The van der Waals surface area contributed by atoms with Crippen LogP contribution in [0.1, 0.15) is 12.0 Å². The molecule has 1 N–H and O–H groups in total. The Kier molecular flexibility index (Phi) is 6.67. The van der Waals surface area contributed by atoms with E-state index in [2.05, 4.69) is 15.5 Å². The van der Waals surface area contributed by atoms with E-state index < -0.39 is 6.04 Å². The number of nitrogens with one attached hydrogen (secondary N) is 1. The van der Waals surface area contributed by atoms with Gasteiger partial charge in [-0.2, -0.15) is 10.2 Å². The number of imide groups is 1. The Bertz CT molecular complexity index is 1110. The fraction of sp³-hybridized carbons (Fsp3) is 0.200. The molecule has 0 spiro atoms. The highest BCUT2D eigenvalue weighted by atomic mass is 16.5. The molecule has 1 aliphatic rings. The SMILES string of the molecule is COc1cccc(CCN[C@@H]2CC(=O)N(c3ccc(N=Nc4ccccc4)cc3)C2=O)c1. The summed E-state index contributed by atoms with van der Waals surface area (Å²) in [6.07, 6.45) is 0.878. The lowest BCUT2D eigenvalue weighted by Gasteiger charge is -2.15. The molecule has 1 fully saturated rings. The van der Waals surface area contributed by atoms with E-state index in [0.717, 1.165) is 23.4 Å². The third-order valence-corrected chi connectivity index (χ3v) is 5.23. The van der Waals surface area contributed by atoms with Gasteiger partial charge in [0.05, 0.1) is 36.6 Å². The molecule has 7 heteroatoms. The second-order valence-electron chi connectivity index (χ2n) is 7.43. The minimum atomic E-state index is -0.523. The van der Waals surface area contributed by atoms with Gasteiger partial charge in [0.1, 0.15) is 5.75 Å². The third kappa shape index (κ3) is 5.07. The van der Waals surface area contributed by atoms with Crippen LogP contribution in [0.25, 0.3) is 0 Å². The second-order valence-corrected chi connectivity index (χ2v) is 7.43. The van der Waals surface area contributed by atoms with Crippen LogP contribution in [0.15, 0.2) is 89.1 Å². The van der Waals surface area contributed by atoms with Gasteiger partial charge in [0, 0.05) is 0 Å². The highest BCUT2D eigenvalue weighted by Gasteiger charge is 2.39. The number of anilines is 1. The first-order chi connectivity index (χ1) is 15.6. The van der Waals surface area contributed by atoms with Crippen molar-refractivity contribution in [3.8, 4) is 5.75 Å². The lowest BCUT2D eigenvalue weighted by Crippen LogP contribution is -2.39. The van der Waals surface area contributed by atoms with Gasteiger partial charge in [-0.1, -0.05) is 30.3 Å². The van der Waals surface area contributed by atoms with Crippen molar-refractivity contribution in [3.05, 3.63) is 84.4 Å². The predicted molar refractivity (Wildman–Crippen MR) is 123 cm³/mol. The van der Waals surface area contributed by atoms with Gasteiger partial charge in [-0.3, -0.25) is 9.59 Å². The summed E-state index contributed by atoms with van der Waals surface area (Å²) in [6.45, 7) is 0.587. The van der Waals surface area contributed by atoms with Crippen molar-refractivity contribution in [3.63, 3.8) is 0 Å². The Labute approximate surface area is 186 Å². The third-order valence-electron chi connectivity index (χ3n) is 5.23. The molecule has 1 aliphatic heterocycles. The number of azo groups is 1. The van der Waals surface area contributed by atoms with Crippen LogP contribution in [0.4, 0.5) is 17.1 Å². The Morgan fingerprint density at radius 2 is 1.66 bits per heavy atom. The molecule has 0 aliphatic carbocycles. The van der Waals surface area contributed by atoms with Crippen molar-refractivity contribution in [1.29, 1.82) is 0 Å². The minimum absolute atomic E-state index is 0.145. The molecule has 4 rings (SSSR count). The van der Waals surface area contributed by atoms with E-state index in [1.807, 2.05) is 54.6 Å². The van der Waals surface area contributed by atoms with E-state index in [4.69, 9.17) is 4.74 Å². The van der Waals surface area contributed by atoms with Gasteiger partial charge >= 0.3 is 0 Å². The quantitative estimate of drug-likeness (QED) is 0.421. The largest absolute Gasteiger partial charge is 0.497 e. The maximum absolute atomic E-state index is 12.8. The molecule has 3 aromatic rings. The number of nitrogens with zero attached hydrogens (tertiary/aromatic N) is 3. The zero-order valence-corrected chi connectivity index (χ0v) is 17.8. The summed E-state index contributed by atoms with van der Waals surface area (Å²) >= 11 is 0. The molecule has 1 heterocycles. The van der Waals surface area contributed by atoms with Crippen LogP contribution in [0.3, 0.4) is 0 Å². The van der Waals surface area contributed by atoms with Crippen LogP contribution >= 0.6 is 0 Å². The number of benzene rings is 3. The van der Waals surface area contributed by atoms with Gasteiger partial charge < -0.3 is 10.1 Å². The van der Waals surface area contributed by atoms with Gasteiger partial charge in [-0.25, -0.2) is 4.90 Å². The smallest absolute Gasteiger partial charge is 0.251 e. The summed E-state index contributed by atoms with van der Waals surface area (Å²) in [6, 6.07) is 23.6. The van der Waals surface area contributed by atoms with E-state index in [-0.39, 0.29) is 18.2 Å². The number of hydrogen-bond acceptors (Lipinski definition) is 6. The maximum atomic E-state index is 12.8. The molecule has 0 radical (unpaired) electrons. The van der Waals surface area contributed by atoms with Crippen LogP contribution in [-0.4, -0.2) is 31.5 Å². The lowest BCUT2D eigenvalue weighted by molar-refractivity contribution is -0.121. The van der Waals surface area contributed by atoms with Gasteiger partial charge in [0.25, 0.3) is 5.91 Å². The first-order valence-electron chi connectivity index (χ1n) is 10.4. The van der Waals surface area contributed by atoms with Crippen LogP contribution in [0, 0.1) is 0 Å². The Hall–Kier alpha value is -3.84. The Morgan fingerprint density at radius 1 is 0.938 bits per heavy atom. The molecule has 0 saturated carbocycles. The number of rotatable bonds is 8. The van der Waals surface area contributed by atoms with Crippen LogP contribution < -0.4 is 15.0 Å². The molecular weight excluding hydrogens is 404 g/mol. The number of carbonyl (C=O) groups excluding carboxylic acids is 2. The molecular formula is C25H24N4O3. The highest BCUT2D eigenvalue weighted by Crippen LogP contribution is 2.26. The number of carbonyl (C=O) groups is 2. The number of methoxy groups -OCH3 is 1. The molecule has 162 valence electrons. The van der Waals surface area contributed by atoms with E-state index in [0.29, 0.717) is 17.9 Å². The van der Waals surface area contributed by atoms with Gasteiger partial charge in [-0.15, -0.1) is 0 Å². The van der Waals surface area contributed by atoms with Crippen LogP contribution in [-0.2, 0) is 16.0 Å². The zero-order chi connectivity index (χ0) is 22.3. The molecule has 1 saturated heterocycles. The van der Waals surface area contributed by atoms with Crippen molar-refractivity contribution >= 4 is 28.9 Å². The number of amides is 2. The summed E-state index contributed by atoms with van der Waals surface area (Å²) < 4.78 is 5.24. The van der Waals surface area contributed by atoms with Gasteiger partial charge in [-0.05, 0) is 67.1 Å². The standard InChI is InChI=1S/C25H24N4O3/c1-32-22-9-5-6-18(16-22)14-15-26-23-17-24(30)29(25(23)31)21-12-10-20(11-13-21)28-27-19-7-3-2-4-8-19/h2-13,16,23,26H,14-15,17H2,1H3/t23-/m1/s1. The first-order valence-corrected chi connectivity index (χ1v) is 10.4. The molecule has 32 heavy (non-hydrogen) atoms. The van der Waals surface area contributed by atoms with Crippen LogP contribution in [0.5, 0.6) is 5.75 Å². The molecule has 0 bridgehead atoms. The maximum Gasteiger partial charge on any atom is 0.251 e. The average molecular weight is 428 g/mol. The number of hydrogen-bond donors (Lipinski definition) is 1. The zero-order valence-electron chi connectivity index (χ0n) is 17.8. The van der Waals surface area contributed by atoms with E-state index in [9.17, 15) is 9.59 Å². The van der Waals surface area contributed by atoms with Crippen molar-refractivity contribution in [1.82, 2.24) is 5.32 Å². The predicted octanol–water partition coefficient (Wildman–Crippen LogP) is 4.57. The van der Waals surface area contributed by atoms with E-state index in [1.165, 1.54) is 4.90 Å². The second kappa shape index (κ2) is 9.98. The molecule has 0 aromatic heterocycles. The van der Waals surface area contributed by atoms with Crippen molar-refractivity contribution in [2.75, 3.05) is 18.6 Å².